The van der Waals surface area contributed by atoms with Crippen molar-refractivity contribution in [2.75, 3.05) is 11.1 Å². The van der Waals surface area contributed by atoms with Crippen molar-refractivity contribution in [1.82, 2.24) is 9.36 Å². The van der Waals surface area contributed by atoms with Crippen LogP contribution in [0.4, 0.5) is 9.52 Å². The van der Waals surface area contributed by atoms with Crippen molar-refractivity contribution in [3.8, 4) is 17.4 Å². The van der Waals surface area contributed by atoms with Crippen molar-refractivity contribution in [3.05, 3.63) is 53.5 Å². The standard InChI is InChI=1S/C18H13FN4O4S2/c1-2-29(25,26)18-22-17(28-23-18)21-16(24)12(10-20)9-14-7-8-15(27-14)11-3-5-13(19)6-4-11/h3-9H,2H2,1H3,(H,21,22,23,24)/b12-9-. The van der Waals surface area contributed by atoms with Crippen LogP contribution in [0, 0.1) is 17.1 Å². The monoisotopic (exact) mass is 432 g/mol. The van der Waals surface area contributed by atoms with Crippen LogP contribution in [0.15, 0.2) is 51.5 Å². The molecule has 1 amide bonds. The fraction of sp³-hybridized carbons (Fsp3) is 0.111. The third kappa shape index (κ3) is 4.74. The zero-order valence-corrected chi connectivity index (χ0v) is 16.6. The lowest BCUT2D eigenvalue weighted by Gasteiger charge is -1.99. The van der Waals surface area contributed by atoms with Crippen LogP contribution >= 0.6 is 11.5 Å². The van der Waals surface area contributed by atoms with E-state index >= 15 is 0 Å². The van der Waals surface area contributed by atoms with Crippen LogP contribution in [0.5, 0.6) is 0 Å². The summed E-state index contributed by atoms with van der Waals surface area (Å²) in [6.45, 7) is 1.45. The summed E-state index contributed by atoms with van der Waals surface area (Å²) in [4.78, 5) is 16.1. The van der Waals surface area contributed by atoms with Gasteiger partial charge in [-0.05, 0) is 36.4 Å². The molecule has 2 heterocycles. The maximum atomic E-state index is 13.0. The molecule has 148 valence electrons. The number of aromatic nitrogens is 2. The molecule has 3 rings (SSSR count). The molecule has 3 aromatic rings. The first kappa shape index (κ1) is 20.4. The van der Waals surface area contributed by atoms with E-state index in [-0.39, 0.29) is 33.2 Å². The van der Waals surface area contributed by atoms with Crippen molar-refractivity contribution in [2.45, 2.75) is 12.1 Å². The van der Waals surface area contributed by atoms with E-state index in [1.165, 1.54) is 37.3 Å². The molecular weight excluding hydrogens is 419 g/mol. The highest BCUT2D eigenvalue weighted by molar-refractivity contribution is 7.91. The maximum absolute atomic E-state index is 13.0. The number of nitriles is 1. The molecule has 8 nitrogen and oxygen atoms in total. The Morgan fingerprint density at radius 2 is 2.03 bits per heavy atom. The molecule has 0 fully saturated rings. The average molecular weight is 432 g/mol. The lowest BCUT2D eigenvalue weighted by molar-refractivity contribution is -0.112. The number of carbonyl (C=O) groups excluding carboxylic acids is 1. The lowest BCUT2D eigenvalue weighted by Crippen LogP contribution is -2.13. The third-order valence-corrected chi connectivity index (χ3v) is 5.94. The summed E-state index contributed by atoms with van der Waals surface area (Å²) < 4.78 is 45.8. The van der Waals surface area contributed by atoms with Gasteiger partial charge in [-0.2, -0.15) is 14.6 Å². The summed E-state index contributed by atoms with van der Waals surface area (Å²) in [5, 5.41) is 11.2. The lowest BCUT2D eigenvalue weighted by atomic mass is 10.2. The Morgan fingerprint density at radius 1 is 1.31 bits per heavy atom. The van der Waals surface area contributed by atoms with Crippen LogP contribution in [0.25, 0.3) is 17.4 Å². The molecule has 1 N–H and O–H groups in total. The second-order valence-electron chi connectivity index (χ2n) is 5.62. The highest BCUT2D eigenvalue weighted by atomic mass is 32.2. The van der Waals surface area contributed by atoms with Crippen molar-refractivity contribution in [2.24, 2.45) is 0 Å². The summed E-state index contributed by atoms with van der Waals surface area (Å²) in [5.74, 6) is -0.663. The number of amides is 1. The summed E-state index contributed by atoms with van der Waals surface area (Å²) in [7, 11) is -3.60. The first-order valence-electron chi connectivity index (χ1n) is 8.18. The summed E-state index contributed by atoms with van der Waals surface area (Å²) in [5.41, 5.74) is 0.354. The third-order valence-electron chi connectivity index (χ3n) is 3.69. The van der Waals surface area contributed by atoms with Gasteiger partial charge in [0.05, 0.1) is 5.75 Å². The van der Waals surface area contributed by atoms with E-state index in [4.69, 9.17) is 4.42 Å². The number of halogens is 1. The van der Waals surface area contributed by atoms with Crippen LogP contribution in [0.1, 0.15) is 12.7 Å². The van der Waals surface area contributed by atoms with Crippen LogP contribution < -0.4 is 5.32 Å². The van der Waals surface area contributed by atoms with Crippen LogP contribution in [-0.2, 0) is 14.6 Å². The minimum atomic E-state index is -3.60. The number of nitrogens with zero attached hydrogens (tertiary/aromatic N) is 3. The first-order chi connectivity index (χ1) is 13.8. The molecule has 0 aliphatic rings. The summed E-state index contributed by atoms with van der Waals surface area (Å²) >= 11 is 0.694. The van der Waals surface area contributed by atoms with Gasteiger partial charge in [-0.25, -0.2) is 12.8 Å². The van der Waals surface area contributed by atoms with Gasteiger partial charge in [0.1, 0.15) is 29.0 Å². The molecule has 0 atom stereocenters. The van der Waals surface area contributed by atoms with Gasteiger partial charge in [0, 0.05) is 23.2 Å². The van der Waals surface area contributed by atoms with Crippen molar-refractivity contribution < 1.29 is 22.0 Å². The molecule has 29 heavy (non-hydrogen) atoms. The highest BCUT2D eigenvalue weighted by Crippen LogP contribution is 2.24. The molecule has 1 aromatic carbocycles. The molecule has 0 bridgehead atoms. The molecule has 0 radical (unpaired) electrons. The molecule has 11 heteroatoms. The van der Waals surface area contributed by atoms with Crippen molar-refractivity contribution in [1.29, 1.82) is 5.26 Å². The number of hydrogen-bond donors (Lipinski definition) is 1. The fourth-order valence-electron chi connectivity index (χ4n) is 2.17. The fourth-order valence-corrected chi connectivity index (χ4v) is 3.75. The average Bonchev–Trinajstić information content (AvgIpc) is 3.36. The number of carbonyl (C=O) groups is 1. The minimum absolute atomic E-state index is 0.0466. The molecule has 0 spiro atoms. The first-order valence-corrected chi connectivity index (χ1v) is 10.6. The normalized spacial score (nSPS) is 11.8. The highest BCUT2D eigenvalue weighted by Gasteiger charge is 2.20. The molecular formula is C18H13FN4O4S2. The molecule has 0 aliphatic carbocycles. The van der Waals surface area contributed by atoms with Crippen LogP contribution in [0.3, 0.4) is 0 Å². The van der Waals surface area contributed by atoms with Gasteiger partial charge < -0.3 is 4.42 Å². The van der Waals surface area contributed by atoms with E-state index < -0.39 is 15.7 Å². The van der Waals surface area contributed by atoms with Gasteiger partial charge in [-0.15, -0.1) is 0 Å². The van der Waals surface area contributed by atoms with E-state index in [9.17, 15) is 22.9 Å². The molecule has 2 aromatic heterocycles. The molecule has 0 aliphatic heterocycles. The Labute approximate surface area is 169 Å². The Balaban J connectivity index is 1.77. The van der Waals surface area contributed by atoms with E-state index in [2.05, 4.69) is 14.7 Å². The second kappa shape index (κ2) is 8.34. The van der Waals surface area contributed by atoms with E-state index in [0.29, 0.717) is 22.9 Å². The van der Waals surface area contributed by atoms with Gasteiger partial charge in [-0.1, -0.05) is 6.92 Å². The summed E-state index contributed by atoms with van der Waals surface area (Å²) in [6, 6.07) is 10.6. The number of hydrogen-bond acceptors (Lipinski definition) is 8. The van der Waals surface area contributed by atoms with Crippen LogP contribution in [0.2, 0.25) is 0 Å². The van der Waals surface area contributed by atoms with Gasteiger partial charge in [0.25, 0.3) is 11.1 Å². The minimum Gasteiger partial charge on any atom is -0.457 e. The molecule has 0 saturated carbocycles. The number of rotatable bonds is 6. The largest absolute Gasteiger partial charge is 0.457 e. The van der Waals surface area contributed by atoms with Gasteiger partial charge >= 0.3 is 0 Å². The predicted molar refractivity (Wildman–Crippen MR) is 104 cm³/mol. The number of nitrogens with one attached hydrogen (secondary N) is 1. The smallest absolute Gasteiger partial charge is 0.268 e. The van der Waals surface area contributed by atoms with Gasteiger partial charge in [0.15, 0.2) is 0 Å². The number of anilines is 1. The zero-order chi connectivity index (χ0) is 21.0. The van der Waals surface area contributed by atoms with Gasteiger partial charge in [0.2, 0.25) is 15.0 Å². The number of furan rings is 1. The Morgan fingerprint density at radius 3 is 2.69 bits per heavy atom. The number of benzene rings is 1. The van der Waals surface area contributed by atoms with Crippen LogP contribution in [-0.4, -0.2) is 29.4 Å². The summed E-state index contributed by atoms with van der Waals surface area (Å²) in [6.07, 6.45) is 1.23. The molecule has 0 saturated heterocycles. The molecule has 0 unspecified atom stereocenters. The Kier molecular flexibility index (Phi) is 5.86. The maximum Gasteiger partial charge on any atom is 0.268 e. The predicted octanol–water partition coefficient (Wildman–Crippen LogP) is 3.28. The van der Waals surface area contributed by atoms with Crippen molar-refractivity contribution in [3.63, 3.8) is 0 Å². The Hall–Kier alpha value is -3.36. The Bertz CT molecular complexity index is 1220. The number of sulfone groups is 1. The van der Waals surface area contributed by atoms with E-state index in [1.807, 2.05) is 0 Å². The SMILES string of the molecule is CCS(=O)(=O)c1nsc(NC(=O)/C(C#N)=C\c2ccc(-c3ccc(F)cc3)o2)n1. The second-order valence-corrected chi connectivity index (χ2v) is 8.54. The van der Waals surface area contributed by atoms with E-state index in [1.54, 1.807) is 18.2 Å². The van der Waals surface area contributed by atoms with Gasteiger partial charge in [-0.3, -0.25) is 10.1 Å². The zero-order valence-electron chi connectivity index (χ0n) is 14.9. The van der Waals surface area contributed by atoms with Crippen molar-refractivity contribution >= 4 is 38.5 Å². The quantitative estimate of drug-likeness (QED) is 0.468. The van der Waals surface area contributed by atoms with E-state index in [0.717, 1.165) is 0 Å². The topological polar surface area (TPSA) is 126 Å².